The van der Waals surface area contributed by atoms with Crippen molar-refractivity contribution in [2.45, 2.75) is 0 Å². The number of carbonyl (C=O) groups excluding carboxylic acids is 1. The Morgan fingerprint density at radius 3 is 3.10 bits per heavy atom. The first kappa shape index (κ1) is 13.3. The minimum absolute atomic E-state index is 0.0407. The van der Waals surface area contributed by atoms with E-state index in [1.807, 2.05) is 0 Å². The SMILES string of the molecule is Nc1nonc1OCC(=O)NN=Cc1cccc(O)c1. The molecular weight excluding hydrogens is 266 g/mol. The second-order valence-electron chi connectivity index (χ2n) is 3.63. The van der Waals surface area contributed by atoms with Gasteiger partial charge in [0.2, 0.25) is 5.82 Å². The van der Waals surface area contributed by atoms with Gasteiger partial charge in [0.25, 0.3) is 5.91 Å². The summed E-state index contributed by atoms with van der Waals surface area (Å²) in [6.45, 7) is -0.338. The lowest BCUT2D eigenvalue weighted by Gasteiger charge is -2.00. The Hall–Kier alpha value is -3.10. The van der Waals surface area contributed by atoms with E-state index in [2.05, 4.69) is 25.5 Å². The smallest absolute Gasteiger partial charge is 0.300 e. The second-order valence-corrected chi connectivity index (χ2v) is 3.63. The summed E-state index contributed by atoms with van der Waals surface area (Å²) in [5, 5.41) is 19.6. The maximum absolute atomic E-state index is 11.4. The van der Waals surface area contributed by atoms with Crippen molar-refractivity contribution in [2.24, 2.45) is 5.10 Å². The highest BCUT2D eigenvalue weighted by Crippen LogP contribution is 2.13. The van der Waals surface area contributed by atoms with Crippen molar-refractivity contribution in [2.75, 3.05) is 12.3 Å². The van der Waals surface area contributed by atoms with Crippen molar-refractivity contribution in [3.05, 3.63) is 29.8 Å². The van der Waals surface area contributed by atoms with Crippen LogP contribution in [0.5, 0.6) is 11.6 Å². The number of phenolic OH excluding ortho intramolecular Hbond substituents is 1. The van der Waals surface area contributed by atoms with E-state index in [0.29, 0.717) is 5.56 Å². The van der Waals surface area contributed by atoms with Gasteiger partial charge in [-0.2, -0.15) is 5.10 Å². The highest BCUT2D eigenvalue weighted by Gasteiger charge is 2.09. The Morgan fingerprint density at radius 1 is 1.55 bits per heavy atom. The van der Waals surface area contributed by atoms with E-state index in [4.69, 9.17) is 10.5 Å². The van der Waals surface area contributed by atoms with Crippen LogP contribution in [0.4, 0.5) is 5.82 Å². The Labute approximate surface area is 113 Å². The average Bonchev–Trinajstić information content (AvgIpc) is 2.82. The molecule has 1 aromatic heterocycles. The number of aromatic hydroxyl groups is 1. The van der Waals surface area contributed by atoms with Crippen LogP contribution in [0.15, 0.2) is 34.0 Å². The van der Waals surface area contributed by atoms with E-state index < -0.39 is 5.91 Å². The summed E-state index contributed by atoms with van der Waals surface area (Å²) in [5.41, 5.74) is 8.21. The number of hydrogen-bond acceptors (Lipinski definition) is 8. The second kappa shape index (κ2) is 6.18. The lowest BCUT2D eigenvalue weighted by atomic mass is 10.2. The molecule has 9 nitrogen and oxygen atoms in total. The van der Waals surface area contributed by atoms with Gasteiger partial charge in [0.05, 0.1) is 6.21 Å². The first-order valence-corrected chi connectivity index (χ1v) is 5.47. The average molecular weight is 277 g/mol. The molecule has 0 saturated heterocycles. The predicted octanol–water partition coefficient (Wildman–Crippen LogP) is -0.113. The third-order valence-corrected chi connectivity index (χ3v) is 2.10. The molecule has 1 aromatic carbocycles. The van der Waals surface area contributed by atoms with Gasteiger partial charge in [-0.05, 0) is 28.0 Å². The molecule has 0 saturated carbocycles. The molecule has 1 heterocycles. The normalized spacial score (nSPS) is 10.6. The third kappa shape index (κ3) is 3.70. The molecule has 1 amide bonds. The largest absolute Gasteiger partial charge is 0.508 e. The summed E-state index contributed by atoms with van der Waals surface area (Å²) < 4.78 is 9.23. The van der Waals surface area contributed by atoms with Crippen molar-refractivity contribution >= 4 is 17.9 Å². The molecule has 0 fully saturated rings. The molecule has 104 valence electrons. The lowest BCUT2D eigenvalue weighted by Crippen LogP contribution is -2.24. The van der Waals surface area contributed by atoms with Crippen molar-refractivity contribution < 1.29 is 19.3 Å². The Morgan fingerprint density at radius 2 is 2.40 bits per heavy atom. The summed E-state index contributed by atoms with van der Waals surface area (Å²) >= 11 is 0. The summed E-state index contributed by atoms with van der Waals surface area (Å²) in [7, 11) is 0. The molecule has 0 aliphatic carbocycles. The van der Waals surface area contributed by atoms with E-state index in [1.165, 1.54) is 18.3 Å². The zero-order valence-electron chi connectivity index (χ0n) is 10.2. The predicted molar refractivity (Wildman–Crippen MR) is 68.0 cm³/mol. The first-order chi connectivity index (χ1) is 9.65. The van der Waals surface area contributed by atoms with E-state index in [0.717, 1.165) is 0 Å². The fourth-order valence-corrected chi connectivity index (χ4v) is 1.24. The number of hydrazone groups is 1. The molecule has 2 aromatic rings. The van der Waals surface area contributed by atoms with E-state index >= 15 is 0 Å². The van der Waals surface area contributed by atoms with Crippen LogP contribution in [0.25, 0.3) is 0 Å². The van der Waals surface area contributed by atoms with Crippen LogP contribution in [0, 0.1) is 0 Å². The van der Waals surface area contributed by atoms with Crippen molar-refractivity contribution in [3.63, 3.8) is 0 Å². The molecule has 0 spiro atoms. The maximum Gasteiger partial charge on any atom is 0.300 e. The van der Waals surface area contributed by atoms with Crippen LogP contribution >= 0.6 is 0 Å². The van der Waals surface area contributed by atoms with Crippen LogP contribution in [0.1, 0.15) is 5.56 Å². The number of nitrogens with two attached hydrogens (primary N) is 1. The van der Waals surface area contributed by atoms with E-state index in [-0.39, 0.29) is 24.1 Å². The van der Waals surface area contributed by atoms with E-state index in [1.54, 1.807) is 12.1 Å². The number of rotatable bonds is 5. The van der Waals surface area contributed by atoms with Gasteiger partial charge in [-0.3, -0.25) is 4.79 Å². The molecule has 0 aliphatic heterocycles. The highest BCUT2D eigenvalue weighted by atomic mass is 16.6. The lowest BCUT2D eigenvalue weighted by molar-refractivity contribution is -0.123. The molecule has 0 unspecified atom stereocenters. The van der Waals surface area contributed by atoms with Crippen LogP contribution in [0.3, 0.4) is 0 Å². The quantitative estimate of drug-likeness (QED) is 0.512. The summed E-state index contributed by atoms with van der Waals surface area (Å²) in [4.78, 5) is 11.4. The fraction of sp³-hybridized carbons (Fsp3) is 0.0909. The number of nitrogens with zero attached hydrogens (tertiary/aromatic N) is 3. The van der Waals surface area contributed by atoms with Gasteiger partial charge >= 0.3 is 5.88 Å². The molecule has 20 heavy (non-hydrogen) atoms. The van der Waals surface area contributed by atoms with Crippen molar-refractivity contribution in [1.82, 2.24) is 15.7 Å². The topological polar surface area (TPSA) is 136 Å². The number of nitrogen functional groups attached to an aromatic ring is 1. The standard InChI is InChI=1S/C11H11N5O4/c12-10-11(16-20-15-10)19-6-9(18)14-13-5-7-2-1-3-8(17)4-7/h1-5,17H,6H2,(H2,12,15)(H,14,18). The Kier molecular flexibility index (Phi) is 4.12. The number of anilines is 1. The zero-order valence-corrected chi connectivity index (χ0v) is 10.2. The molecule has 0 bridgehead atoms. The van der Waals surface area contributed by atoms with Crippen molar-refractivity contribution in [1.29, 1.82) is 0 Å². The first-order valence-electron chi connectivity index (χ1n) is 5.47. The monoisotopic (exact) mass is 277 g/mol. The van der Waals surface area contributed by atoms with Gasteiger partial charge < -0.3 is 15.6 Å². The number of benzene rings is 1. The number of amides is 1. The van der Waals surface area contributed by atoms with Crippen molar-refractivity contribution in [3.8, 4) is 11.6 Å². The summed E-state index contributed by atoms with van der Waals surface area (Å²) in [6.07, 6.45) is 1.38. The molecule has 4 N–H and O–H groups in total. The summed E-state index contributed by atoms with van der Waals surface area (Å²) in [6, 6.07) is 6.39. The molecule has 9 heteroatoms. The molecule has 0 atom stereocenters. The van der Waals surface area contributed by atoms with Gasteiger partial charge in [0.1, 0.15) is 5.75 Å². The van der Waals surface area contributed by atoms with Gasteiger partial charge in [0.15, 0.2) is 6.61 Å². The molecule has 2 rings (SSSR count). The van der Waals surface area contributed by atoms with Gasteiger partial charge in [-0.25, -0.2) is 10.1 Å². The minimum atomic E-state index is -0.510. The third-order valence-electron chi connectivity index (χ3n) is 2.10. The fourth-order valence-electron chi connectivity index (χ4n) is 1.24. The number of carbonyl (C=O) groups is 1. The number of hydrogen-bond donors (Lipinski definition) is 3. The van der Waals surface area contributed by atoms with Crippen LogP contribution in [-0.4, -0.2) is 34.1 Å². The number of phenols is 1. The zero-order chi connectivity index (χ0) is 14.4. The van der Waals surface area contributed by atoms with Gasteiger partial charge in [-0.1, -0.05) is 12.1 Å². The number of nitrogens with one attached hydrogen (secondary N) is 1. The van der Waals surface area contributed by atoms with Crippen LogP contribution < -0.4 is 15.9 Å². The molecular formula is C11H11N5O4. The maximum atomic E-state index is 11.4. The van der Waals surface area contributed by atoms with Crippen LogP contribution in [-0.2, 0) is 4.79 Å². The van der Waals surface area contributed by atoms with E-state index in [9.17, 15) is 9.90 Å². The molecule has 0 radical (unpaired) electrons. The Balaban J connectivity index is 1.79. The number of ether oxygens (including phenoxy) is 1. The molecule has 0 aliphatic rings. The Bertz CT molecular complexity index is 625. The van der Waals surface area contributed by atoms with Gasteiger partial charge in [-0.15, -0.1) is 0 Å². The minimum Gasteiger partial charge on any atom is -0.508 e. The van der Waals surface area contributed by atoms with Gasteiger partial charge in [0, 0.05) is 0 Å². The van der Waals surface area contributed by atoms with Crippen LogP contribution in [0.2, 0.25) is 0 Å². The summed E-state index contributed by atoms with van der Waals surface area (Å²) in [5.74, 6) is -0.500. The number of aromatic nitrogens is 2. The highest BCUT2D eigenvalue weighted by molar-refractivity contribution is 5.83.